The summed E-state index contributed by atoms with van der Waals surface area (Å²) >= 11 is 0. The molecule has 1 N–H and O–H groups in total. The van der Waals surface area contributed by atoms with Gasteiger partial charge >= 0.3 is 0 Å². The summed E-state index contributed by atoms with van der Waals surface area (Å²) < 4.78 is 10.7. The highest BCUT2D eigenvalue weighted by Crippen LogP contribution is 2.32. The van der Waals surface area contributed by atoms with Gasteiger partial charge in [0.05, 0.1) is 6.54 Å². The topological polar surface area (TPSA) is 50.8 Å². The molecule has 1 fully saturated rings. The number of ether oxygens (including phenoxy) is 2. The first-order valence-electron chi connectivity index (χ1n) is 9.71. The third-order valence-corrected chi connectivity index (χ3v) is 5.34. The average molecular weight is 366 g/mol. The second kappa shape index (κ2) is 8.44. The molecule has 0 bridgehead atoms. The Labute approximate surface area is 160 Å². The first-order chi connectivity index (χ1) is 13.3. The van der Waals surface area contributed by atoms with Crippen LogP contribution in [-0.4, -0.2) is 36.7 Å². The molecule has 1 saturated heterocycles. The lowest BCUT2D eigenvalue weighted by molar-refractivity contribution is -0.123. The lowest BCUT2D eigenvalue weighted by Crippen LogP contribution is -2.46. The van der Waals surface area contributed by atoms with Crippen LogP contribution in [0.3, 0.4) is 0 Å². The van der Waals surface area contributed by atoms with Gasteiger partial charge < -0.3 is 14.8 Å². The molecule has 5 heteroatoms. The zero-order valence-corrected chi connectivity index (χ0v) is 15.5. The summed E-state index contributed by atoms with van der Waals surface area (Å²) in [6.07, 6.45) is 4.58. The van der Waals surface area contributed by atoms with Crippen molar-refractivity contribution in [3.05, 3.63) is 59.7 Å². The van der Waals surface area contributed by atoms with Gasteiger partial charge in [-0.05, 0) is 49.1 Å². The second-order valence-electron chi connectivity index (χ2n) is 7.27. The minimum atomic E-state index is 0.0765. The summed E-state index contributed by atoms with van der Waals surface area (Å²) in [5.41, 5.74) is 2.36. The van der Waals surface area contributed by atoms with Gasteiger partial charge in [0.25, 0.3) is 0 Å². The van der Waals surface area contributed by atoms with Crippen LogP contribution in [0, 0.1) is 0 Å². The number of hydrogen-bond donors (Lipinski definition) is 1. The van der Waals surface area contributed by atoms with E-state index in [0.29, 0.717) is 19.1 Å². The van der Waals surface area contributed by atoms with E-state index in [9.17, 15) is 4.79 Å². The maximum atomic E-state index is 12.5. The van der Waals surface area contributed by atoms with Gasteiger partial charge in [0.1, 0.15) is 0 Å². The molecule has 4 rings (SSSR count). The molecule has 27 heavy (non-hydrogen) atoms. The van der Waals surface area contributed by atoms with E-state index in [1.165, 1.54) is 18.4 Å². The molecule has 2 aliphatic rings. The van der Waals surface area contributed by atoms with Crippen LogP contribution in [0.25, 0.3) is 0 Å². The van der Waals surface area contributed by atoms with Crippen LogP contribution in [0.5, 0.6) is 11.5 Å². The predicted molar refractivity (Wildman–Crippen MR) is 104 cm³/mol. The number of fused-ring (bicyclic) bond motifs is 1. The van der Waals surface area contributed by atoms with Crippen molar-refractivity contribution in [3.63, 3.8) is 0 Å². The van der Waals surface area contributed by atoms with E-state index >= 15 is 0 Å². The van der Waals surface area contributed by atoms with Gasteiger partial charge in [-0.3, -0.25) is 9.69 Å². The minimum absolute atomic E-state index is 0.0765. The van der Waals surface area contributed by atoms with Crippen LogP contribution < -0.4 is 14.8 Å². The van der Waals surface area contributed by atoms with E-state index < -0.39 is 0 Å². The molecule has 0 saturated carbocycles. The van der Waals surface area contributed by atoms with Gasteiger partial charge in [-0.15, -0.1) is 0 Å². The van der Waals surface area contributed by atoms with Gasteiger partial charge in [-0.25, -0.2) is 0 Å². The SMILES string of the molecule is O=C(CN1CCCCC1Cc1ccccc1)NCc1ccc2c(c1)OCO2. The highest BCUT2D eigenvalue weighted by atomic mass is 16.7. The van der Waals surface area contributed by atoms with Gasteiger partial charge in [-0.1, -0.05) is 42.8 Å². The van der Waals surface area contributed by atoms with E-state index in [-0.39, 0.29) is 12.7 Å². The van der Waals surface area contributed by atoms with Crippen LogP contribution >= 0.6 is 0 Å². The third-order valence-electron chi connectivity index (χ3n) is 5.34. The fourth-order valence-electron chi connectivity index (χ4n) is 3.88. The molecule has 0 aromatic heterocycles. The molecule has 142 valence electrons. The van der Waals surface area contributed by atoms with Crippen molar-refractivity contribution in [1.82, 2.24) is 10.2 Å². The number of amides is 1. The number of carbonyl (C=O) groups is 1. The lowest BCUT2D eigenvalue weighted by atomic mass is 9.95. The van der Waals surface area contributed by atoms with Gasteiger partial charge in [0.2, 0.25) is 12.7 Å². The number of nitrogens with zero attached hydrogens (tertiary/aromatic N) is 1. The number of nitrogens with one attached hydrogen (secondary N) is 1. The number of piperidine rings is 1. The Morgan fingerprint density at radius 3 is 2.78 bits per heavy atom. The summed E-state index contributed by atoms with van der Waals surface area (Å²) in [7, 11) is 0. The van der Waals surface area contributed by atoms with E-state index in [1.807, 2.05) is 24.3 Å². The molecule has 2 aliphatic heterocycles. The molecule has 2 aromatic carbocycles. The second-order valence-corrected chi connectivity index (χ2v) is 7.27. The van der Waals surface area contributed by atoms with Crippen molar-refractivity contribution in [2.45, 2.75) is 38.3 Å². The van der Waals surface area contributed by atoms with Crippen molar-refractivity contribution in [1.29, 1.82) is 0 Å². The van der Waals surface area contributed by atoms with Crippen molar-refractivity contribution >= 4 is 5.91 Å². The average Bonchev–Trinajstić information content (AvgIpc) is 3.17. The molecule has 5 nitrogen and oxygen atoms in total. The third kappa shape index (κ3) is 4.61. The van der Waals surface area contributed by atoms with Crippen LogP contribution in [0.15, 0.2) is 48.5 Å². The quantitative estimate of drug-likeness (QED) is 0.853. The van der Waals surface area contributed by atoms with Crippen LogP contribution in [-0.2, 0) is 17.8 Å². The molecule has 2 aromatic rings. The molecule has 1 amide bonds. The van der Waals surface area contributed by atoms with Crippen molar-refractivity contribution in [2.75, 3.05) is 19.9 Å². The maximum absolute atomic E-state index is 12.5. The van der Waals surface area contributed by atoms with Crippen molar-refractivity contribution in [2.24, 2.45) is 0 Å². The smallest absolute Gasteiger partial charge is 0.234 e. The van der Waals surface area contributed by atoms with Gasteiger partial charge in [0.15, 0.2) is 11.5 Å². The Hall–Kier alpha value is -2.53. The summed E-state index contributed by atoms with van der Waals surface area (Å²) in [5.74, 6) is 1.59. The molecule has 0 spiro atoms. The van der Waals surface area contributed by atoms with Crippen molar-refractivity contribution in [3.8, 4) is 11.5 Å². The molecule has 2 heterocycles. The maximum Gasteiger partial charge on any atom is 0.234 e. The first-order valence-corrected chi connectivity index (χ1v) is 9.71. The number of benzene rings is 2. The fourth-order valence-corrected chi connectivity index (χ4v) is 3.88. The summed E-state index contributed by atoms with van der Waals surface area (Å²) in [6.45, 7) is 2.23. The number of likely N-dealkylation sites (tertiary alicyclic amines) is 1. The van der Waals surface area contributed by atoms with E-state index in [4.69, 9.17) is 9.47 Å². The summed E-state index contributed by atoms with van der Waals surface area (Å²) in [4.78, 5) is 14.8. The Kier molecular flexibility index (Phi) is 5.58. The summed E-state index contributed by atoms with van der Waals surface area (Å²) in [6, 6.07) is 16.8. The van der Waals surface area contributed by atoms with Crippen LogP contribution in [0.4, 0.5) is 0 Å². The molecule has 1 atom stereocenters. The highest BCUT2D eigenvalue weighted by Gasteiger charge is 2.24. The van der Waals surface area contributed by atoms with Crippen LogP contribution in [0.1, 0.15) is 30.4 Å². The van der Waals surface area contributed by atoms with Crippen LogP contribution in [0.2, 0.25) is 0 Å². The minimum Gasteiger partial charge on any atom is -0.454 e. The van der Waals surface area contributed by atoms with Gasteiger partial charge in [-0.2, -0.15) is 0 Å². The first kappa shape index (κ1) is 17.9. The molecule has 0 radical (unpaired) electrons. The zero-order valence-electron chi connectivity index (χ0n) is 15.5. The van der Waals surface area contributed by atoms with E-state index in [0.717, 1.165) is 36.4 Å². The largest absolute Gasteiger partial charge is 0.454 e. The Morgan fingerprint density at radius 2 is 1.89 bits per heavy atom. The Bertz CT molecular complexity index is 778. The predicted octanol–water partition coefficient (Wildman–Crippen LogP) is 3.13. The zero-order chi connectivity index (χ0) is 18.5. The van der Waals surface area contributed by atoms with Gasteiger partial charge in [0, 0.05) is 12.6 Å². The fraction of sp³-hybridized carbons (Fsp3) is 0.409. The molecular formula is C22H26N2O3. The van der Waals surface area contributed by atoms with E-state index in [2.05, 4.69) is 34.5 Å². The lowest BCUT2D eigenvalue weighted by Gasteiger charge is -2.35. The molecule has 0 aliphatic carbocycles. The molecular weight excluding hydrogens is 340 g/mol. The number of rotatable bonds is 6. The Morgan fingerprint density at radius 1 is 1.04 bits per heavy atom. The van der Waals surface area contributed by atoms with Crippen molar-refractivity contribution < 1.29 is 14.3 Å². The summed E-state index contributed by atoms with van der Waals surface area (Å²) in [5, 5.41) is 3.04. The number of hydrogen-bond acceptors (Lipinski definition) is 4. The monoisotopic (exact) mass is 366 g/mol. The molecule has 1 unspecified atom stereocenters. The Balaban J connectivity index is 1.30. The highest BCUT2D eigenvalue weighted by molar-refractivity contribution is 5.78. The normalized spacial score (nSPS) is 19.0. The van der Waals surface area contributed by atoms with E-state index in [1.54, 1.807) is 0 Å². The standard InChI is InChI=1S/C22H26N2O3/c25-22(23-14-18-9-10-20-21(13-18)27-16-26-20)15-24-11-5-4-8-19(24)12-17-6-2-1-3-7-17/h1-3,6-7,9-10,13,19H,4-5,8,11-12,14-16H2,(H,23,25). The number of carbonyl (C=O) groups excluding carboxylic acids is 1.